The first-order valence-electron chi connectivity index (χ1n) is 6.40. The summed E-state index contributed by atoms with van der Waals surface area (Å²) in [5.74, 6) is -0.171. The van der Waals surface area contributed by atoms with Crippen LogP contribution in [0.4, 0.5) is 0 Å². The predicted molar refractivity (Wildman–Crippen MR) is 76.1 cm³/mol. The molecule has 0 fully saturated rings. The van der Waals surface area contributed by atoms with Gasteiger partial charge < -0.3 is 4.74 Å². The lowest BCUT2D eigenvalue weighted by molar-refractivity contribution is -0.145. The van der Waals surface area contributed by atoms with Gasteiger partial charge in [-0.25, -0.2) is 4.98 Å². The summed E-state index contributed by atoms with van der Waals surface area (Å²) in [5.41, 5.74) is 2.00. The molecule has 0 saturated heterocycles. The van der Waals surface area contributed by atoms with Gasteiger partial charge in [0.1, 0.15) is 6.61 Å². The van der Waals surface area contributed by atoms with E-state index in [0.29, 0.717) is 6.42 Å². The van der Waals surface area contributed by atoms with Gasteiger partial charge in [0.2, 0.25) is 0 Å². The molecule has 0 aliphatic rings. The van der Waals surface area contributed by atoms with Gasteiger partial charge in [0, 0.05) is 11.8 Å². The van der Waals surface area contributed by atoms with Gasteiger partial charge in [-0.2, -0.15) is 0 Å². The zero-order chi connectivity index (χ0) is 13.5. The van der Waals surface area contributed by atoms with Gasteiger partial charge in [0.15, 0.2) is 0 Å². The maximum absolute atomic E-state index is 11.6. The molecule has 0 saturated carbocycles. The number of aryl methyl sites for hydroxylation is 2. The van der Waals surface area contributed by atoms with Crippen LogP contribution in [0.2, 0.25) is 0 Å². The highest BCUT2D eigenvalue weighted by Crippen LogP contribution is 2.11. The second-order valence-electron chi connectivity index (χ2n) is 4.23. The zero-order valence-electron chi connectivity index (χ0n) is 11.0. The van der Waals surface area contributed by atoms with E-state index in [-0.39, 0.29) is 12.6 Å². The van der Waals surface area contributed by atoms with Crippen LogP contribution in [0.15, 0.2) is 35.7 Å². The molecular formula is C15H17NO2S. The van der Waals surface area contributed by atoms with E-state index in [1.54, 1.807) is 11.3 Å². The lowest BCUT2D eigenvalue weighted by atomic mass is 10.1. The normalized spacial score (nSPS) is 10.4. The lowest BCUT2D eigenvalue weighted by Gasteiger charge is -2.03. The molecule has 0 unspecified atom stereocenters. The molecule has 0 spiro atoms. The first kappa shape index (κ1) is 13.7. The molecule has 19 heavy (non-hydrogen) atoms. The van der Waals surface area contributed by atoms with Crippen molar-refractivity contribution in [2.24, 2.45) is 0 Å². The van der Waals surface area contributed by atoms with Crippen LogP contribution in [0.3, 0.4) is 0 Å². The minimum Gasteiger partial charge on any atom is -0.459 e. The second kappa shape index (κ2) is 7.04. The van der Waals surface area contributed by atoms with Crippen molar-refractivity contribution in [1.82, 2.24) is 4.98 Å². The number of hydrogen-bond acceptors (Lipinski definition) is 4. The molecule has 0 amide bonds. The summed E-state index contributed by atoms with van der Waals surface area (Å²) in [6, 6.07) is 9.95. The topological polar surface area (TPSA) is 39.2 Å². The number of carbonyl (C=O) groups excluding carboxylic acids is 1. The largest absolute Gasteiger partial charge is 0.459 e. The summed E-state index contributed by atoms with van der Waals surface area (Å²) >= 11 is 1.61. The number of ether oxygens (including phenoxy) is 1. The Hall–Kier alpha value is -1.68. The van der Waals surface area contributed by atoms with E-state index >= 15 is 0 Å². The maximum Gasteiger partial charge on any atom is 0.306 e. The molecule has 1 heterocycles. The van der Waals surface area contributed by atoms with Crippen molar-refractivity contribution in [3.05, 3.63) is 52.0 Å². The van der Waals surface area contributed by atoms with Gasteiger partial charge in [-0.15, -0.1) is 11.3 Å². The molecule has 3 nitrogen and oxygen atoms in total. The average Bonchev–Trinajstić information content (AvgIpc) is 2.92. The number of rotatable bonds is 6. The van der Waals surface area contributed by atoms with Gasteiger partial charge >= 0.3 is 5.97 Å². The van der Waals surface area contributed by atoms with Crippen LogP contribution in [0, 0.1) is 0 Å². The second-order valence-corrected chi connectivity index (χ2v) is 5.18. The van der Waals surface area contributed by atoms with Crippen molar-refractivity contribution in [1.29, 1.82) is 0 Å². The van der Waals surface area contributed by atoms with Crippen molar-refractivity contribution in [3.8, 4) is 0 Å². The lowest BCUT2D eigenvalue weighted by Crippen LogP contribution is -2.06. The molecule has 4 heteroatoms. The monoisotopic (exact) mass is 275 g/mol. The Labute approximate surface area is 117 Å². The van der Waals surface area contributed by atoms with Gasteiger partial charge in [0.05, 0.1) is 10.7 Å². The van der Waals surface area contributed by atoms with E-state index in [1.807, 2.05) is 35.7 Å². The minimum absolute atomic E-state index is 0.171. The molecular weight excluding hydrogens is 258 g/mol. The summed E-state index contributed by atoms with van der Waals surface area (Å²) in [7, 11) is 0. The van der Waals surface area contributed by atoms with Crippen molar-refractivity contribution in [3.63, 3.8) is 0 Å². The fourth-order valence-corrected chi connectivity index (χ4v) is 2.42. The van der Waals surface area contributed by atoms with E-state index < -0.39 is 0 Å². The smallest absolute Gasteiger partial charge is 0.306 e. The maximum atomic E-state index is 11.6. The van der Waals surface area contributed by atoms with E-state index in [1.165, 1.54) is 0 Å². The number of aromatic nitrogens is 1. The highest BCUT2D eigenvalue weighted by molar-refractivity contribution is 7.09. The van der Waals surface area contributed by atoms with E-state index in [4.69, 9.17) is 4.74 Å². The van der Waals surface area contributed by atoms with Crippen LogP contribution in [-0.4, -0.2) is 11.0 Å². The first-order valence-corrected chi connectivity index (χ1v) is 7.28. The Morgan fingerprint density at radius 3 is 2.79 bits per heavy atom. The highest BCUT2D eigenvalue weighted by Gasteiger charge is 2.06. The summed E-state index contributed by atoms with van der Waals surface area (Å²) in [5, 5.41) is 3.03. The molecule has 1 aromatic carbocycles. The summed E-state index contributed by atoms with van der Waals surface area (Å²) < 4.78 is 5.21. The Balaban J connectivity index is 1.73. The Morgan fingerprint density at radius 2 is 2.11 bits per heavy atom. The van der Waals surface area contributed by atoms with E-state index in [0.717, 1.165) is 29.1 Å². The molecule has 0 bridgehead atoms. The van der Waals surface area contributed by atoms with E-state index in [2.05, 4.69) is 11.9 Å². The molecule has 0 atom stereocenters. The molecule has 2 aromatic rings. The van der Waals surface area contributed by atoms with Crippen molar-refractivity contribution in [2.75, 3.05) is 0 Å². The van der Waals surface area contributed by atoms with Crippen LogP contribution in [0.25, 0.3) is 0 Å². The third kappa shape index (κ3) is 4.48. The number of carbonyl (C=O) groups is 1. The van der Waals surface area contributed by atoms with Crippen molar-refractivity contribution < 1.29 is 9.53 Å². The third-order valence-corrected chi connectivity index (χ3v) is 3.79. The molecule has 0 aliphatic carbocycles. The summed E-state index contributed by atoms with van der Waals surface area (Å²) in [4.78, 5) is 16.0. The summed E-state index contributed by atoms with van der Waals surface area (Å²) in [6.07, 6.45) is 2.05. The van der Waals surface area contributed by atoms with Crippen LogP contribution < -0.4 is 0 Å². The van der Waals surface area contributed by atoms with Crippen molar-refractivity contribution >= 4 is 17.3 Å². The van der Waals surface area contributed by atoms with Crippen LogP contribution in [-0.2, 0) is 29.0 Å². The van der Waals surface area contributed by atoms with E-state index in [9.17, 15) is 4.79 Å². The van der Waals surface area contributed by atoms with Crippen molar-refractivity contribution in [2.45, 2.75) is 32.8 Å². The summed E-state index contributed by atoms with van der Waals surface area (Å²) in [6.45, 7) is 2.35. The molecule has 0 radical (unpaired) electrons. The molecule has 2 rings (SSSR count). The number of esters is 1. The van der Waals surface area contributed by atoms with Gasteiger partial charge in [-0.3, -0.25) is 4.79 Å². The molecule has 100 valence electrons. The fraction of sp³-hybridized carbons (Fsp3) is 0.333. The molecule has 1 aromatic heterocycles. The van der Waals surface area contributed by atoms with Crippen LogP contribution in [0.1, 0.15) is 29.6 Å². The Morgan fingerprint density at radius 1 is 1.32 bits per heavy atom. The quantitative estimate of drug-likeness (QED) is 0.759. The number of benzene rings is 1. The zero-order valence-corrected chi connectivity index (χ0v) is 11.8. The van der Waals surface area contributed by atoms with Crippen LogP contribution >= 0.6 is 11.3 Å². The number of thiazole rings is 1. The fourth-order valence-electron chi connectivity index (χ4n) is 1.70. The number of nitrogens with zero attached hydrogens (tertiary/aromatic N) is 1. The van der Waals surface area contributed by atoms with Crippen LogP contribution in [0.5, 0.6) is 0 Å². The SMILES string of the molecule is CCc1nc(COC(=O)CCc2ccccc2)cs1. The number of hydrogen-bond donors (Lipinski definition) is 0. The minimum atomic E-state index is -0.171. The van der Waals surface area contributed by atoms with Gasteiger partial charge in [-0.1, -0.05) is 37.3 Å². The van der Waals surface area contributed by atoms with Gasteiger partial charge in [-0.05, 0) is 18.4 Å². The Kier molecular flexibility index (Phi) is 5.10. The highest BCUT2D eigenvalue weighted by atomic mass is 32.1. The van der Waals surface area contributed by atoms with Gasteiger partial charge in [0.25, 0.3) is 0 Å². The average molecular weight is 275 g/mol. The Bertz CT molecular complexity index is 522. The standard InChI is InChI=1S/C15H17NO2S/c1-2-14-16-13(11-19-14)10-18-15(17)9-8-12-6-4-3-5-7-12/h3-7,11H,2,8-10H2,1H3. The predicted octanol–water partition coefficient (Wildman–Crippen LogP) is 3.38. The third-order valence-electron chi connectivity index (χ3n) is 2.74. The molecule has 0 aliphatic heterocycles. The first-order chi connectivity index (χ1) is 9.28. The molecule has 0 N–H and O–H groups in total.